The molecule has 0 radical (unpaired) electrons. The Morgan fingerprint density at radius 1 is 1.00 bits per heavy atom. The number of benzene rings is 1. The molecular formula is C24H44O6Si2. The molecular weight excluding hydrogens is 440 g/mol. The van der Waals surface area contributed by atoms with Gasteiger partial charge in [0.05, 0.1) is 0 Å². The largest absolute Gasteiger partial charge is 0.484 e. The summed E-state index contributed by atoms with van der Waals surface area (Å²) in [4.78, 5) is 11.3. The van der Waals surface area contributed by atoms with Crippen molar-refractivity contribution in [3.63, 3.8) is 0 Å². The molecule has 32 heavy (non-hydrogen) atoms. The molecule has 1 atom stereocenters. The Kier molecular flexibility index (Phi) is 22.0. The van der Waals surface area contributed by atoms with Crippen LogP contribution in [0.3, 0.4) is 0 Å². The van der Waals surface area contributed by atoms with E-state index in [1.807, 2.05) is 25.1 Å². The van der Waals surface area contributed by atoms with E-state index in [-0.39, 0.29) is 12.1 Å². The second kappa shape index (κ2) is 22.9. The van der Waals surface area contributed by atoms with Gasteiger partial charge in [0.15, 0.2) is 9.76 Å². The molecule has 1 aromatic carbocycles. The number of hydrogen-bond donors (Lipinski definition) is 0. The van der Waals surface area contributed by atoms with Gasteiger partial charge in [0.25, 0.3) is 0 Å². The molecule has 0 saturated heterocycles. The van der Waals surface area contributed by atoms with Crippen molar-refractivity contribution in [3.05, 3.63) is 48.6 Å². The topological polar surface area (TPSA) is 63.2 Å². The lowest BCUT2D eigenvalue weighted by atomic mass is 10.1. The van der Waals surface area contributed by atoms with Crippen LogP contribution in [0, 0.1) is 0 Å². The molecule has 1 aromatic rings. The predicted molar refractivity (Wildman–Crippen MR) is 136 cm³/mol. The van der Waals surface area contributed by atoms with Crippen LogP contribution in [-0.2, 0) is 33.7 Å². The Morgan fingerprint density at radius 3 is 2.03 bits per heavy atom. The van der Waals surface area contributed by atoms with Crippen molar-refractivity contribution in [3.8, 4) is 0 Å². The second-order valence-corrected chi connectivity index (χ2v) is 10.3. The minimum absolute atomic E-state index is 0.0825. The summed E-state index contributed by atoms with van der Waals surface area (Å²) in [5.74, 6) is -0.348. The zero-order valence-electron chi connectivity index (χ0n) is 20.6. The summed E-state index contributed by atoms with van der Waals surface area (Å²) in [6.45, 7) is 14.8. The highest BCUT2D eigenvalue weighted by Gasteiger charge is 2.14. The lowest BCUT2D eigenvalue weighted by Crippen LogP contribution is -2.28. The SMILES string of the molecule is C=CC(=O)OC(CC[SiH2]OCC)Cc1ccccc1.CCCO[SiH](OCCC)OCCC. The van der Waals surface area contributed by atoms with Crippen molar-refractivity contribution in [1.29, 1.82) is 0 Å². The summed E-state index contributed by atoms with van der Waals surface area (Å²) in [6.07, 6.45) is 5.82. The fourth-order valence-corrected chi connectivity index (χ4v) is 5.32. The number of ether oxygens (including phenoxy) is 1. The Hall–Kier alpha value is -1.30. The zero-order chi connectivity index (χ0) is 23.9. The highest BCUT2D eigenvalue weighted by Crippen LogP contribution is 2.12. The molecule has 1 unspecified atom stereocenters. The van der Waals surface area contributed by atoms with E-state index in [1.54, 1.807) is 0 Å². The average molecular weight is 485 g/mol. The van der Waals surface area contributed by atoms with E-state index in [0.717, 1.165) is 64.6 Å². The predicted octanol–water partition coefficient (Wildman–Crippen LogP) is 4.24. The van der Waals surface area contributed by atoms with E-state index in [4.69, 9.17) is 22.4 Å². The first-order valence-corrected chi connectivity index (χ1v) is 14.9. The maximum atomic E-state index is 11.3. The van der Waals surface area contributed by atoms with Crippen LogP contribution in [0.25, 0.3) is 0 Å². The number of carbonyl (C=O) groups is 1. The number of rotatable bonds is 18. The summed E-state index contributed by atoms with van der Waals surface area (Å²) >= 11 is 0. The number of carbonyl (C=O) groups excluding carboxylic acids is 1. The summed E-state index contributed by atoms with van der Waals surface area (Å²) in [7, 11) is -2.26. The monoisotopic (exact) mass is 484 g/mol. The first-order chi connectivity index (χ1) is 15.6. The van der Waals surface area contributed by atoms with Gasteiger partial charge in [-0.05, 0) is 44.2 Å². The van der Waals surface area contributed by atoms with E-state index in [0.29, 0.717) is 0 Å². The molecule has 0 aliphatic rings. The number of esters is 1. The molecule has 0 aliphatic heterocycles. The van der Waals surface area contributed by atoms with Gasteiger partial charge in [-0.3, -0.25) is 0 Å². The minimum atomic E-state index is -1.79. The van der Waals surface area contributed by atoms with Crippen LogP contribution in [-0.4, -0.2) is 57.8 Å². The molecule has 0 aromatic heterocycles. The number of hydrogen-bond acceptors (Lipinski definition) is 6. The second-order valence-electron chi connectivity index (χ2n) is 7.19. The van der Waals surface area contributed by atoms with Crippen molar-refractivity contribution in [2.45, 2.75) is 71.9 Å². The molecule has 6 nitrogen and oxygen atoms in total. The first-order valence-electron chi connectivity index (χ1n) is 11.9. The zero-order valence-corrected chi connectivity index (χ0v) is 23.1. The first kappa shape index (κ1) is 30.7. The van der Waals surface area contributed by atoms with Crippen LogP contribution < -0.4 is 0 Å². The summed E-state index contributed by atoms with van der Waals surface area (Å²) in [5.41, 5.74) is 1.18. The third-order valence-corrected chi connectivity index (χ3v) is 7.07. The molecule has 0 heterocycles. The van der Waals surface area contributed by atoms with Crippen molar-refractivity contribution in [1.82, 2.24) is 0 Å². The highest BCUT2D eigenvalue weighted by atomic mass is 28.3. The van der Waals surface area contributed by atoms with Crippen LogP contribution >= 0.6 is 0 Å². The van der Waals surface area contributed by atoms with Gasteiger partial charge in [-0.15, -0.1) is 0 Å². The molecule has 1 rings (SSSR count). The fourth-order valence-electron chi connectivity index (χ4n) is 2.64. The van der Waals surface area contributed by atoms with E-state index < -0.39 is 19.3 Å². The molecule has 0 bridgehead atoms. The van der Waals surface area contributed by atoms with Crippen LogP contribution in [0.1, 0.15) is 58.9 Å². The van der Waals surface area contributed by atoms with E-state index in [1.165, 1.54) is 11.6 Å². The summed E-state index contributed by atoms with van der Waals surface area (Å²) in [6, 6.07) is 11.1. The third kappa shape index (κ3) is 18.3. The standard InChI is InChI=1S/C15H22O3Si.C9H22O3Si/c1-3-15(16)18-14(10-11-19-17-4-2)12-13-8-6-5-7-9-13;1-4-7-10-13(11-8-5-2)12-9-6-3/h3,5-9,14H,1,4,10-12,19H2,2H3;13H,4-9H2,1-3H3. The van der Waals surface area contributed by atoms with Gasteiger partial charge in [-0.1, -0.05) is 57.7 Å². The Bertz CT molecular complexity index is 540. The van der Waals surface area contributed by atoms with Crippen molar-refractivity contribution in [2.75, 3.05) is 26.4 Å². The molecule has 184 valence electrons. The van der Waals surface area contributed by atoms with E-state index in [9.17, 15) is 4.79 Å². The van der Waals surface area contributed by atoms with Crippen LogP contribution in [0.2, 0.25) is 6.04 Å². The average Bonchev–Trinajstić information content (AvgIpc) is 2.82. The molecule has 0 aliphatic carbocycles. The van der Waals surface area contributed by atoms with Gasteiger partial charge in [0.2, 0.25) is 0 Å². The summed E-state index contributed by atoms with van der Waals surface area (Å²) < 4.78 is 27.3. The maximum Gasteiger partial charge on any atom is 0.484 e. The summed E-state index contributed by atoms with van der Waals surface area (Å²) in [5, 5.41) is 0. The van der Waals surface area contributed by atoms with Gasteiger partial charge >= 0.3 is 15.5 Å². The van der Waals surface area contributed by atoms with Gasteiger partial charge in [0, 0.05) is 38.9 Å². The lowest BCUT2D eigenvalue weighted by molar-refractivity contribution is -0.143. The molecule has 8 heteroatoms. The maximum absolute atomic E-state index is 11.3. The third-order valence-electron chi connectivity index (χ3n) is 4.15. The van der Waals surface area contributed by atoms with E-state index >= 15 is 0 Å². The molecule has 0 amide bonds. The van der Waals surface area contributed by atoms with Crippen molar-refractivity contribution < 1.29 is 27.2 Å². The van der Waals surface area contributed by atoms with Crippen molar-refractivity contribution >= 4 is 25.3 Å². The van der Waals surface area contributed by atoms with Gasteiger partial charge in [-0.2, -0.15) is 0 Å². The normalized spacial score (nSPS) is 11.9. The minimum Gasteiger partial charge on any atom is -0.459 e. The molecule has 0 spiro atoms. The fraction of sp³-hybridized carbons (Fsp3) is 0.625. The Labute approximate surface area is 199 Å². The van der Waals surface area contributed by atoms with Crippen LogP contribution in [0.5, 0.6) is 0 Å². The van der Waals surface area contributed by atoms with Gasteiger partial charge in [-0.25, -0.2) is 4.79 Å². The van der Waals surface area contributed by atoms with Crippen LogP contribution in [0.15, 0.2) is 43.0 Å². The molecule has 0 fully saturated rings. The lowest BCUT2D eigenvalue weighted by Gasteiger charge is -2.17. The highest BCUT2D eigenvalue weighted by molar-refractivity contribution is 6.36. The van der Waals surface area contributed by atoms with Gasteiger partial charge in [0.1, 0.15) is 6.10 Å². The smallest absolute Gasteiger partial charge is 0.459 e. The molecule has 0 N–H and O–H groups in total. The Balaban J connectivity index is 0.000000649. The Morgan fingerprint density at radius 2 is 1.56 bits per heavy atom. The van der Waals surface area contributed by atoms with Crippen LogP contribution in [0.4, 0.5) is 0 Å². The quantitative estimate of drug-likeness (QED) is 0.134. The van der Waals surface area contributed by atoms with Crippen molar-refractivity contribution in [2.24, 2.45) is 0 Å². The van der Waals surface area contributed by atoms with E-state index in [2.05, 4.69) is 39.5 Å². The molecule has 0 saturated carbocycles. The van der Waals surface area contributed by atoms with Gasteiger partial charge < -0.3 is 22.4 Å².